The summed E-state index contributed by atoms with van der Waals surface area (Å²) >= 11 is 0. The van der Waals surface area contributed by atoms with Gasteiger partial charge in [0, 0.05) is 0 Å². The molecule has 0 heterocycles. The Bertz CT molecular complexity index is 434. The lowest BCUT2D eigenvalue weighted by atomic mass is 9.72. The van der Waals surface area contributed by atoms with Gasteiger partial charge in [0.2, 0.25) is 0 Å². The van der Waals surface area contributed by atoms with E-state index in [2.05, 4.69) is 13.8 Å². The Morgan fingerprint density at radius 2 is 1.38 bits per heavy atom. The second kappa shape index (κ2) is 6.90. The highest BCUT2D eigenvalue weighted by Gasteiger charge is 2.49. The molecule has 4 N–H and O–H groups in total. The molecule has 2 atom stereocenters. The fraction of sp³-hybridized carbons (Fsp3) is 0.846. The molecule has 1 aliphatic carbocycles. The molecule has 7 nitrogen and oxygen atoms in total. The molecule has 0 aliphatic heterocycles. The zero-order valence-electron chi connectivity index (χ0n) is 12.2. The fourth-order valence-corrected chi connectivity index (χ4v) is 4.35. The zero-order valence-corrected chi connectivity index (χ0v) is 13.1. The summed E-state index contributed by atoms with van der Waals surface area (Å²) in [5.74, 6) is -4.33. The second-order valence-electron chi connectivity index (χ2n) is 6.16. The minimum Gasteiger partial charge on any atom is -0.481 e. The lowest BCUT2D eigenvalue weighted by molar-refractivity contribution is -0.151. The molecule has 0 aromatic carbocycles. The number of carbonyl (C=O) groups is 2. The molecule has 1 rings (SSSR count). The Morgan fingerprint density at radius 3 is 1.67 bits per heavy atom. The monoisotopic (exact) mass is 322 g/mol. The summed E-state index contributed by atoms with van der Waals surface area (Å²) in [4.78, 5) is 41.0. The molecule has 21 heavy (non-hydrogen) atoms. The van der Waals surface area contributed by atoms with E-state index in [0.29, 0.717) is 24.7 Å². The van der Waals surface area contributed by atoms with Crippen LogP contribution in [-0.2, 0) is 14.2 Å². The lowest BCUT2D eigenvalue weighted by Crippen LogP contribution is -2.41. The molecule has 0 spiro atoms. The molecule has 0 radical (unpaired) electrons. The van der Waals surface area contributed by atoms with Crippen LogP contribution in [-0.4, -0.2) is 37.6 Å². The minimum absolute atomic E-state index is 0.453. The summed E-state index contributed by atoms with van der Waals surface area (Å²) in [5, 5.41) is 18.3. The quantitative estimate of drug-likeness (QED) is 0.548. The third kappa shape index (κ3) is 4.53. The van der Waals surface area contributed by atoms with E-state index in [-0.39, 0.29) is 0 Å². The summed E-state index contributed by atoms with van der Waals surface area (Å²) in [7, 11) is -5.02. The number of hydrogen-bond acceptors (Lipinski definition) is 3. The van der Waals surface area contributed by atoms with E-state index in [0.717, 1.165) is 12.8 Å². The Labute approximate surface area is 123 Å². The molecule has 0 saturated heterocycles. The van der Waals surface area contributed by atoms with E-state index >= 15 is 0 Å². The molecule has 0 aromatic heterocycles. The Balaban J connectivity index is 2.95. The highest BCUT2D eigenvalue weighted by Crippen LogP contribution is 2.50. The molecule has 1 fully saturated rings. The SMILES string of the molecule is CC(C)C1CCC(C(C(=O)O)C(C(=O)O)P(=O)(O)O)CC1. The Morgan fingerprint density at radius 1 is 0.952 bits per heavy atom. The van der Waals surface area contributed by atoms with E-state index in [1.165, 1.54) is 0 Å². The predicted molar refractivity (Wildman–Crippen MR) is 74.9 cm³/mol. The molecule has 0 aromatic rings. The normalized spacial score (nSPS) is 26.3. The number of hydrogen-bond donors (Lipinski definition) is 4. The van der Waals surface area contributed by atoms with E-state index in [1.54, 1.807) is 0 Å². The van der Waals surface area contributed by atoms with Crippen molar-refractivity contribution in [1.82, 2.24) is 0 Å². The van der Waals surface area contributed by atoms with Crippen molar-refractivity contribution in [3.05, 3.63) is 0 Å². The maximum Gasteiger partial charge on any atom is 0.340 e. The highest BCUT2D eigenvalue weighted by molar-refractivity contribution is 7.53. The average Bonchev–Trinajstić information content (AvgIpc) is 2.33. The summed E-state index contributed by atoms with van der Waals surface area (Å²) in [6.07, 6.45) is 2.51. The summed E-state index contributed by atoms with van der Waals surface area (Å²) in [6, 6.07) is 0. The first-order chi connectivity index (χ1) is 9.55. The Hall–Kier alpha value is -0.910. The van der Waals surface area contributed by atoms with Crippen molar-refractivity contribution < 1.29 is 34.2 Å². The molecule has 0 bridgehead atoms. The number of carboxylic acids is 2. The van der Waals surface area contributed by atoms with E-state index in [4.69, 9.17) is 5.11 Å². The fourth-order valence-electron chi connectivity index (χ4n) is 3.27. The molecule has 122 valence electrons. The van der Waals surface area contributed by atoms with Gasteiger partial charge in [-0.15, -0.1) is 0 Å². The lowest BCUT2D eigenvalue weighted by Gasteiger charge is -2.35. The zero-order chi connectivity index (χ0) is 16.4. The maximum atomic E-state index is 11.4. The van der Waals surface area contributed by atoms with Crippen LogP contribution in [0.4, 0.5) is 0 Å². The van der Waals surface area contributed by atoms with Gasteiger partial charge in [-0.1, -0.05) is 13.8 Å². The Kier molecular flexibility index (Phi) is 5.96. The van der Waals surface area contributed by atoms with Crippen molar-refractivity contribution in [2.24, 2.45) is 23.7 Å². The first-order valence-electron chi connectivity index (χ1n) is 7.06. The van der Waals surface area contributed by atoms with Crippen molar-refractivity contribution in [3.8, 4) is 0 Å². The van der Waals surface area contributed by atoms with Crippen LogP contribution in [0, 0.1) is 23.7 Å². The minimum atomic E-state index is -5.02. The summed E-state index contributed by atoms with van der Waals surface area (Å²) in [5.41, 5.74) is -2.17. The van der Waals surface area contributed by atoms with Gasteiger partial charge in [-0.2, -0.15) is 0 Å². The first-order valence-corrected chi connectivity index (χ1v) is 8.74. The smallest absolute Gasteiger partial charge is 0.340 e. The summed E-state index contributed by atoms with van der Waals surface area (Å²) in [6.45, 7) is 4.16. The van der Waals surface area contributed by atoms with Gasteiger partial charge in [-0.3, -0.25) is 14.2 Å². The third-order valence-corrected chi connectivity index (χ3v) is 5.77. The first kappa shape index (κ1) is 18.1. The van der Waals surface area contributed by atoms with Crippen molar-refractivity contribution in [2.75, 3.05) is 0 Å². The van der Waals surface area contributed by atoms with Gasteiger partial charge in [-0.25, -0.2) is 0 Å². The van der Waals surface area contributed by atoms with Crippen molar-refractivity contribution in [3.63, 3.8) is 0 Å². The van der Waals surface area contributed by atoms with Gasteiger partial charge in [0.15, 0.2) is 5.66 Å². The van der Waals surface area contributed by atoms with Gasteiger partial charge in [0.05, 0.1) is 5.92 Å². The largest absolute Gasteiger partial charge is 0.481 e. The van der Waals surface area contributed by atoms with Gasteiger partial charge in [-0.05, 0) is 43.4 Å². The van der Waals surface area contributed by atoms with Gasteiger partial charge >= 0.3 is 19.5 Å². The molecule has 1 saturated carbocycles. The van der Waals surface area contributed by atoms with Crippen LogP contribution in [0.2, 0.25) is 0 Å². The van der Waals surface area contributed by atoms with Crippen molar-refractivity contribution in [1.29, 1.82) is 0 Å². The maximum absolute atomic E-state index is 11.4. The van der Waals surface area contributed by atoms with Crippen LogP contribution in [0.25, 0.3) is 0 Å². The molecule has 0 amide bonds. The molecule has 8 heteroatoms. The average molecular weight is 322 g/mol. The van der Waals surface area contributed by atoms with Crippen LogP contribution in [0.15, 0.2) is 0 Å². The number of aliphatic carboxylic acids is 2. The van der Waals surface area contributed by atoms with Crippen molar-refractivity contribution in [2.45, 2.75) is 45.2 Å². The van der Waals surface area contributed by atoms with Gasteiger partial charge in [0.1, 0.15) is 0 Å². The van der Waals surface area contributed by atoms with Crippen LogP contribution < -0.4 is 0 Å². The van der Waals surface area contributed by atoms with E-state index in [9.17, 15) is 29.0 Å². The standard InChI is InChI=1S/C13H23O7P/c1-7(2)8-3-5-9(6-4-8)10(12(14)15)11(13(16)17)21(18,19)20/h7-11H,3-6H2,1-2H3,(H,14,15)(H,16,17)(H2,18,19,20). The highest BCUT2D eigenvalue weighted by atomic mass is 31.2. The van der Waals surface area contributed by atoms with Crippen LogP contribution in [0.1, 0.15) is 39.5 Å². The number of rotatable bonds is 6. The van der Waals surface area contributed by atoms with Crippen LogP contribution in [0.3, 0.4) is 0 Å². The van der Waals surface area contributed by atoms with Crippen LogP contribution in [0.5, 0.6) is 0 Å². The third-order valence-electron chi connectivity index (χ3n) is 4.51. The van der Waals surface area contributed by atoms with E-state index < -0.39 is 37.0 Å². The van der Waals surface area contributed by atoms with Crippen molar-refractivity contribution >= 4 is 19.5 Å². The van der Waals surface area contributed by atoms with Crippen LogP contribution >= 0.6 is 7.60 Å². The van der Waals surface area contributed by atoms with E-state index in [1.807, 2.05) is 0 Å². The van der Waals surface area contributed by atoms with Gasteiger partial charge < -0.3 is 20.0 Å². The van der Waals surface area contributed by atoms with Gasteiger partial charge in [0.25, 0.3) is 0 Å². The number of carboxylic acid groups (broad SMARTS) is 2. The topological polar surface area (TPSA) is 132 Å². The molecular weight excluding hydrogens is 299 g/mol. The molecule has 1 aliphatic rings. The predicted octanol–water partition coefficient (Wildman–Crippen LogP) is 1.78. The second-order valence-corrected chi connectivity index (χ2v) is 7.89. The molecular formula is C13H23O7P. The molecule has 2 unspecified atom stereocenters. The summed E-state index contributed by atoms with van der Waals surface area (Å²) < 4.78 is 11.4.